The van der Waals surface area contributed by atoms with Crippen LogP contribution in [0.25, 0.3) is 0 Å². The van der Waals surface area contributed by atoms with Gasteiger partial charge in [-0.1, -0.05) is 13.3 Å². The number of likely N-dealkylation sites (tertiary alicyclic amines) is 1. The zero-order chi connectivity index (χ0) is 13.7. The normalized spacial score (nSPS) is 26.1. The number of hydrogen-bond donors (Lipinski definition) is 1. The summed E-state index contributed by atoms with van der Waals surface area (Å²) in [6.45, 7) is 7.68. The Morgan fingerprint density at radius 1 is 1.37 bits per heavy atom. The second kappa shape index (κ2) is 7.25. The number of piperidine rings is 1. The van der Waals surface area contributed by atoms with E-state index in [1.54, 1.807) is 0 Å². The molecule has 2 atom stereocenters. The van der Waals surface area contributed by atoms with Crippen LogP contribution in [0.5, 0.6) is 0 Å². The van der Waals surface area contributed by atoms with Crippen molar-refractivity contribution in [3.05, 3.63) is 0 Å². The molecule has 0 amide bonds. The molecule has 4 nitrogen and oxygen atoms in total. The number of rotatable bonds is 7. The summed E-state index contributed by atoms with van der Waals surface area (Å²) in [4.78, 5) is 14.5. The summed E-state index contributed by atoms with van der Waals surface area (Å²) < 4.78 is 5.20. The number of nitrogens with one attached hydrogen (secondary N) is 1. The lowest BCUT2D eigenvalue weighted by molar-refractivity contribution is -0.146. The molecule has 1 saturated carbocycles. The Morgan fingerprint density at radius 2 is 2.16 bits per heavy atom. The first-order valence-electron chi connectivity index (χ1n) is 7.88. The molecular weight excluding hydrogens is 240 g/mol. The minimum absolute atomic E-state index is 0.0759. The third kappa shape index (κ3) is 4.77. The minimum Gasteiger partial charge on any atom is -0.465 e. The first kappa shape index (κ1) is 14.8. The van der Waals surface area contributed by atoms with Gasteiger partial charge in [0.25, 0.3) is 0 Å². The molecule has 0 radical (unpaired) electrons. The van der Waals surface area contributed by atoms with Crippen molar-refractivity contribution in [2.75, 3.05) is 26.2 Å². The second-order valence-corrected chi connectivity index (χ2v) is 5.92. The highest BCUT2D eigenvalue weighted by molar-refractivity contribution is 5.76. The van der Waals surface area contributed by atoms with Gasteiger partial charge in [0, 0.05) is 19.1 Å². The zero-order valence-corrected chi connectivity index (χ0v) is 12.4. The van der Waals surface area contributed by atoms with E-state index < -0.39 is 0 Å². The van der Waals surface area contributed by atoms with E-state index in [9.17, 15) is 4.79 Å². The summed E-state index contributed by atoms with van der Waals surface area (Å²) in [6.07, 6.45) is 6.25. The molecule has 2 aliphatic rings. The Labute approximate surface area is 116 Å². The minimum atomic E-state index is -0.136. The van der Waals surface area contributed by atoms with Crippen LogP contribution in [0.4, 0.5) is 0 Å². The second-order valence-electron chi connectivity index (χ2n) is 5.92. The van der Waals surface area contributed by atoms with Crippen LogP contribution in [-0.4, -0.2) is 49.2 Å². The fourth-order valence-corrected chi connectivity index (χ4v) is 2.88. The highest BCUT2D eigenvalue weighted by Crippen LogP contribution is 2.22. The Morgan fingerprint density at radius 3 is 2.79 bits per heavy atom. The summed E-state index contributed by atoms with van der Waals surface area (Å²) in [6, 6.07) is 0.407. The number of carbonyl (C=O) groups is 1. The molecule has 0 bridgehead atoms. The maximum Gasteiger partial charge on any atom is 0.324 e. The van der Waals surface area contributed by atoms with Crippen molar-refractivity contribution in [1.82, 2.24) is 10.2 Å². The molecule has 1 saturated heterocycles. The van der Waals surface area contributed by atoms with Crippen LogP contribution in [0.3, 0.4) is 0 Å². The molecule has 2 fully saturated rings. The molecule has 19 heavy (non-hydrogen) atoms. The van der Waals surface area contributed by atoms with E-state index in [1.165, 1.54) is 32.1 Å². The Kier molecular flexibility index (Phi) is 5.64. The van der Waals surface area contributed by atoms with Gasteiger partial charge in [0.1, 0.15) is 6.04 Å². The molecule has 0 aromatic rings. The van der Waals surface area contributed by atoms with Crippen molar-refractivity contribution in [2.24, 2.45) is 5.92 Å². The van der Waals surface area contributed by atoms with E-state index in [0.717, 1.165) is 25.6 Å². The lowest BCUT2D eigenvalue weighted by Gasteiger charge is -2.34. The maximum atomic E-state index is 12.0. The van der Waals surface area contributed by atoms with Crippen molar-refractivity contribution in [3.8, 4) is 0 Å². The molecule has 2 unspecified atom stereocenters. The summed E-state index contributed by atoms with van der Waals surface area (Å²) in [5.74, 6) is 0.727. The number of carbonyl (C=O) groups excluding carboxylic acids is 1. The summed E-state index contributed by atoms with van der Waals surface area (Å²) in [5, 5.41) is 3.44. The summed E-state index contributed by atoms with van der Waals surface area (Å²) >= 11 is 0. The van der Waals surface area contributed by atoms with Gasteiger partial charge < -0.3 is 15.0 Å². The predicted octanol–water partition coefficient (Wildman–Crippen LogP) is 1.79. The third-order valence-corrected chi connectivity index (χ3v) is 4.21. The van der Waals surface area contributed by atoms with Gasteiger partial charge in [0.15, 0.2) is 0 Å². The molecule has 2 rings (SSSR count). The molecule has 0 aromatic heterocycles. The van der Waals surface area contributed by atoms with Crippen LogP contribution in [0.2, 0.25) is 0 Å². The molecule has 0 spiro atoms. The van der Waals surface area contributed by atoms with Crippen LogP contribution < -0.4 is 5.32 Å². The molecule has 0 aromatic carbocycles. The van der Waals surface area contributed by atoms with E-state index in [0.29, 0.717) is 12.6 Å². The van der Waals surface area contributed by atoms with Crippen LogP contribution in [-0.2, 0) is 9.53 Å². The highest BCUT2D eigenvalue weighted by atomic mass is 16.5. The van der Waals surface area contributed by atoms with Crippen LogP contribution in [0.1, 0.15) is 46.0 Å². The van der Waals surface area contributed by atoms with Crippen molar-refractivity contribution in [2.45, 2.75) is 58.0 Å². The number of hydrogen-bond acceptors (Lipinski definition) is 4. The topological polar surface area (TPSA) is 41.6 Å². The smallest absolute Gasteiger partial charge is 0.324 e. The van der Waals surface area contributed by atoms with Gasteiger partial charge in [0.05, 0.1) is 6.61 Å². The van der Waals surface area contributed by atoms with E-state index in [4.69, 9.17) is 4.74 Å². The van der Waals surface area contributed by atoms with Gasteiger partial charge >= 0.3 is 5.97 Å². The standard InChI is InChI=1S/C15H28N2O2/c1-3-12-6-5-9-17(10-12)11-14(15(18)19-4-2)16-13-7-8-13/h12-14,16H,3-11H2,1-2H3. The molecule has 4 heteroatoms. The summed E-state index contributed by atoms with van der Waals surface area (Å²) in [7, 11) is 0. The lowest BCUT2D eigenvalue weighted by atomic mass is 9.95. The number of ether oxygens (including phenoxy) is 1. The fourth-order valence-electron chi connectivity index (χ4n) is 2.88. The third-order valence-electron chi connectivity index (χ3n) is 4.21. The first-order chi connectivity index (χ1) is 9.22. The molecule has 110 valence electrons. The van der Waals surface area contributed by atoms with Gasteiger partial charge in [0.2, 0.25) is 0 Å². The van der Waals surface area contributed by atoms with Crippen LogP contribution in [0.15, 0.2) is 0 Å². The van der Waals surface area contributed by atoms with E-state index in [2.05, 4.69) is 17.1 Å². The number of nitrogens with zero attached hydrogens (tertiary/aromatic N) is 1. The Balaban J connectivity index is 1.84. The van der Waals surface area contributed by atoms with Crippen LogP contribution in [0, 0.1) is 5.92 Å². The van der Waals surface area contributed by atoms with Gasteiger partial charge in [-0.05, 0) is 45.1 Å². The molecule has 1 N–H and O–H groups in total. The van der Waals surface area contributed by atoms with Crippen molar-refractivity contribution >= 4 is 5.97 Å². The van der Waals surface area contributed by atoms with Gasteiger partial charge in [-0.15, -0.1) is 0 Å². The molecule has 1 aliphatic heterocycles. The van der Waals surface area contributed by atoms with Crippen molar-refractivity contribution in [1.29, 1.82) is 0 Å². The van der Waals surface area contributed by atoms with Crippen LogP contribution >= 0.6 is 0 Å². The van der Waals surface area contributed by atoms with E-state index >= 15 is 0 Å². The average Bonchev–Trinajstić information content (AvgIpc) is 3.22. The largest absolute Gasteiger partial charge is 0.465 e. The highest BCUT2D eigenvalue weighted by Gasteiger charge is 2.31. The Hall–Kier alpha value is -0.610. The van der Waals surface area contributed by atoms with Gasteiger partial charge in [-0.3, -0.25) is 4.79 Å². The SMILES string of the molecule is CCOC(=O)C(CN1CCCC(CC)C1)NC1CC1. The van der Waals surface area contributed by atoms with Gasteiger partial charge in [-0.25, -0.2) is 0 Å². The number of esters is 1. The van der Waals surface area contributed by atoms with Gasteiger partial charge in [-0.2, -0.15) is 0 Å². The van der Waals surface area contributed by atoms with E-state index in [1.807, 2.05) is 6.92 Å². The lowest BCUT2D eigenvalue weighted by Crippen LogP contribution is -2.50. The molecule has 1 aliphatic carbocycles. The quantitative estimate of drug-likeness (QED) is 0.715. The fraction of sp³-hybridized carbons (Fsp3) is 0.933. The average molecular weight is 268 g/mol. The van der Waals surface area contributed by atoms with E-state index in [-0.39, 0.29) is 12.0 Å². The van der Waals surface area contributed by atoms with Crippen molar-refractivity contribution in [3.63, 3.8) is 0 Å². The van der Waals surface area contributed by atoms with Crippen molar-refractivity contribution < 1.29 is 9.53 Å². The zero-order valence-electron chi connectivity index (χ0n) is 12.4. The Bertz CT molecular complexity index is 292. The first-order valence-corrected chi connectivity index (χ1v) is 7.88. The monoisotopic (exact) mass is 268 g/mol. The predicted molar refractivity (Wildman–Crippen MR) is 76.0 cm³/mol. The molecular formula is C15H28N2O2. The summed E-state index contributed by atoms with van der Waals surface area (Å²) in [5.41, 5.74) is 0. The molecule has 1 heterocycles. The maximum absolute atomic E-state index is 12.0.